The Morgan fingerprint density at radius 2 is 2.04 bits per heavy atom. The molecule has 0 saturated heterocycles. The van der Waals surface area contributed by atoms with E-state index in [1.165, 1.54) is 12.8 Å². The molecular formula is C18H31IN6. The molecule has 0 radical (unpaired) electrons. The minimum absolute atomic E-state index is 0. The van der Waals surface area contributed by atoms with Crippen molar-refractivity contribution in [3.8, 4) is 0 Å². The first-order valence-corrected chi connectivity index (χ1v) is 9.01. The van der Waals surface area contributed by atoms with Gasteiger partial charge in [0, 0.05) is 32.3 Å². The van der Waals surface area contributed by atoms with Crippen molar-refractivity contribution in [3.63, 3.8) is 0 Å². The molecule has 2 aromatic rings. The summed E-state index contributed by atoms with van der Waals surface area (Å²) in [6.07, 6.45) is 6.47. The zero-order valence-corrected chi connectivity index (χ0v) is 17.9. The van der Waals surface area contributed by atoms with Gasteiger partial charge in [0.25, 0.3) is 0 Å². The smallest absolute Gasteiger partial charge is 0.191 e. The molecule has 0 bridgehead atoms. The van der Waals surface area contributed by atoms with E-state index in [0.717, 1.165) is 55.8 Å². The van der Waals surface area contributed by atoms with Gasteiger partial charge in [-0.25, -0.2) is 0 Å². The van der Waals surface area contributed by atoms with Crippen LogP contribution >= 0.6 is 24.0 Å². The van der Waals surface area contributed by atoms with Gasteiger partial charge >= 0.3 is 0 Å². The number of halogens is 1. The van der Waals surface area contributed by atoms with E-state index in [9.17, 15) is 0 Å². The maximum Gasteiger partial charge on any atom is 0.191 e. The number of nitrogens with one attached hydrogen (secondary N) is 2. The van der Waals surface area contributed by atoms with Crippen LogP contribution in [0.25, 0.3) is 5.65 Å². The number of unbranched alkanes of at least 4 members (excludes halogenated alkanes) is 1. The molecule has 2 heterocycles. The van der Waals surface area contributed by atoms with Crippen molar-refractivity contribution in [1.82, 2.24) is 25.2 Å². The molecule has 0 fully saturated rings. The molecule has 0 spiro atoms. The minimum atomic E-state index is 0. The van der Waals surface area contributed by atoms with Crippen LogP contribution in [0.15, 0.2) is 29.4 Å². The number of rotatable bonds is 9. The first-order valence-electron chi connectivity index (χ1n) is 9.01. The predicted molar refractivity (Wildman–Crippen MR) is 115 cm³/mol. The Labute approximate surface area is 167 Å². The van der Waals surface area contributed by atoms with Gasteiger partial charge in [-0.1, -0.05) is 32.8 Å². The summed E-state index contributed by atoms with van der Waals surface area (Å²) in [7, 11) is 0. The number of nitrogens with zero attached hydrogens (tertiary/aromatic N) is 4. The number of hydrogen-bond donors (Lipinski definition) is 2. The molecule has 0 aliphatic rings. The fourth-order valence-electron chi connectivity index (χ4n) is 2.55. The average molecular weight is 458 g/mol. The maximum absolute atomic E-state index is 4.64. The SMILES string of the molecule is CCNC(=NCCCCC(C)C)NCCc1nnc2ccccn12.I. The van der Waals surface area contributed by atoms with Crippen molar-refractivity contribution >= 4 is 35.6 Å². The molecule has 0 aliphatic heterocycles. The van der Waals surface area contributed by atoms with Gasteiger partial charge in [0.05, 0.1) is 0 Å². The van der Waals surface area contributed by atoms with Crippen LogP contribution in [0, 0.1) is 5.92 Å². The summed E-state index contributed by atoms with van der Waals surface area (Å²) < 4.78 is 2.03. The highest BCUT2D eigenvalue weighted by molar-refractivity contribution is 14.0. The second-order valence-electron chi connectivity index (χ2n) is 6.37. The number of aromatic nitrogens is 3. The summed E-state index contributed by atoms with van der Waals surface area (Å²) >= 11 is 0. The minimum Gasteiger partial charge on any atom is -0.357 e. The molecule has 0 saturated carbocycles. The Balaban J connectivity index is 0.00000312. The van der Waals surface area contributed by atoms with Crippen molar-refractivity contribution in [2.24, 2.45) is 10.9 Å². The highest BCUT2D eigenvalue weighted by Crippen LogP contribution is 2.06. The van der Waals surface area contributed by atoms with Gasteiger partial charge in [-0.15, -0.1) is 34.2 Å². The van der Waals surface area contributed by atoms with Gasteiger partial charge in [0.2, 0.25) is 0 Å². The number of pyridine rings is 1. The van der Waals surface area contributed by atoms with Crippen molar-refractivity contribution in [3.05, 3.63) is 30.2 Å². The summed E-state index contributed by atoms with van der Waals surface area (Å²) in [6, 6.07) is 5.93. The van der Waals surface area contributed by atoms with Gasteiger partial charge in [0.15, 0.2) is 11.6 Å². The predicted octanol–water partition coefficient (Wildman–Crippen LogP) is 3.27. The second kappa shape index (κ2) is 12.1. The van der Waals surface area contributed by atoms with Gasteiger partial charge in [-0.2, -0.15) is 0 Å². The van der Waals surface area contributed by atoms with Crippen LogP contribution in [0.5, 0.6) is 0 Å². The second-order valence-corrected chi connectivity index (χ2v) is 6.37. The Morgan fingerprint density at radius 1 is 1.20 bits per heavy atom. The third kappa shape index (κ3) is 7.58. The van der Waals surface area contributed by atoms with E-state index >= 15 is 0 Å². The third-order valence-electron chi connectivity index (χ3n) is 3.83. The largest absolute Gasteiger partial charge is 0.357 e. The molecule has 0 atom stereocenters. The van der Waals surface area contributed by atoms with Crippen LogP contribution in [0.3, 0.4) is 0 Å². The van der Waals surface area contributed by atoms with Crippen molar-refractivity contribution in [1.29, 1.82) is 0 Å². The summed E-state index contributed by atoms with van der Waals surface area (Å²) in [5, 5.41) is 15.1. The Morgan fingerprint density at radius 3 is 2.80 bits per heavy atom. The molecule has 6 nitrogen and oxygen atoms in total. The molecule has 7 heteroatoms. The van der Waals surface area contributed by atoms with Crippen LogP contribution in [0.1, 0.15) is 45.9 Å². The van der Waals surface area contributed by atoms with Gasteiger partial charge in [-0.3, -0.25) is 9.39 Å². The Bertz CT molecular complexity index is 637. The van der Waals surface area contributed by atoms with Crippen molar-refractivity contribution < 1.29 is 0 Å². The van der Waals surface area contributed by atoms with Gasteiger partial charge in [0.1, 0.15) is 5.82 Å². The highest BCUT2D eigenvalue weighted by Gasteiger charge is 2.04. The van der Waals surface area contributed by atoms with Crippen LogP contribution < -0.4 is 10.6 Å². The molecule has 0 amide bonds. The van der Waals surface area contributed by atoms with Gasteiger partial charge < -0.3 is 10.6 Å². The molecule has 25 heavy (non-hydrogen) atoms. The van der Waals surface area contributed by atoms with E-state index < -0.39 is 0 Å². The van der Waals surface area contributed by atoms with E-state index in [1.807, 2.05) is 28.8 Å². The topological polar surface area (TPSA) is 66.6 Å². The average Bonchev–Trinajstić information content (AvgIpc) is 2.97. The summed E-state index contributed by atoms with van der Waals surface area (Å²) in [6.45, 7) is 9.14. The summed E-state index contributed by atoms with van der Waals surface area (Å²) in [5.41, 5.74) is 0.887. The Kier molecular flexibility index (Phi) is 10.4. The fraction of sp³-hybridized carbons (Fsp3) is 0.611. The van der Waals surface area contributed by atoms with E-state index in [-0.39, 0.29) is 24.0 Å². The van der Waals surface area contributed by atoms with Crippen LogP contribution in [0.4, 0.5) is 0 Å². The number of fused-ring (bicyclic) bond motifs is 1. The molecule has 0 aliphatic carbocycles. The molecule has 2 aromatic heterocycles. The molecule has 0 aromatic carbocycles. The van der Waals surface area contributed by atoms with Crippen LogP contribution in [0.2, 0.25) is 0 Å². The lowest BCUT2D eigenvalue weighted by Gasteiger charge is -2.11. The molecule has 0 unspecified atom stereocenters. The first-order chi connectivity index (χ1) is 11.7. The van der Waals surface area contributed by atoms with Gasteiger partial charge in [-0.05, 0) is 31.4 Å². The van der Waals surface area contributed by atoms with Crippen LogP contribution in [-0.2, 0) is 6.42 Å². The van der Waals surface area contributed by atoms with Crippen LogP contribution in [-0.4, -0.2) is 40.2 Å². The van der Waals surface area contributed by atoms with E-state index in [2.05, 4.69) is 46.6 Å². The third-order valence-corrected chi connectivity index (χ3v) is 3.83. The molecule has 140 valence electrons. The maximum atomic E-state index is 4.64. The number of aliphatic imine (C=N–C) groups is 1. The lowest BCUT2D eigenvalue weighted by Crippen LogP contribution is -2.38. The molecular weight excluding hydrogens is 427 g/mol. The van der Waals surface area contributed by atoms with Crippen molar-refractivity contribution in [2.45, 2.75) is 46.5 Å². The highest BCUT2D eigenvalue weighted by atomic mass is 127. The lowest BCUT2D eigenvalue weighted by atomic mass is 10.1. The first kappa shape index (κ1) is 21.7. The Hall–Kier alpha value is -1.38. The fourth-order valence-corrected chi connectivity index (χ4v) is 2.55. The van der Waals surface area contributed by atoms with E-state index in [4.69, 9.17) is 0 Å². The lowest BCUT2D eigenvalue weighted by molar-refractivity contribution is 0.541. The van der Waals surface area contributed by atoms with Crippen molar-refractivity contribution in [2.75, 3.05) is 19.6 Å². The normalized spacial score (nSPS) is 11.6. The zero-order chi connectivity index (χ0) is 17.2. The number of hydrogen-bond acceptors (Lipinski definition) is 3. The quantitative estimate of drug-likeness (QED) is 0.262. The number of guanidine groups is 1. The van der Waals surface area contributed by atoms with E-state index in [1.54, 1.807) is 0 Å². The standard InChI is InChI=1S/C18H30N6.HI/c1-4-19-18(20-12-7-5-9-15(2)3)21-13-11-17-23-22-16-10-6-8-14-24(16)17;/h6,8,10,14-15H,4-5,7,9,11-13H2,1-3H3,(H2,19,20,21);1H. The monoisotopic (exact) mass is 458 g/mol. The molecule has 2 rings (SSSR count). The summed E-state index contributed by atoms with van der Waals surface area (Å²) in [5.74, 6) is 2.63. The zero-order valence-electron chi connectivity index (χ0n) is 15.5. The van der Waals surface area contributed by atoms with E-state index in [0.29, 0.717) is 0 Å². The summed E-state index contributed by atoms with van der Waals surface area (Å²) in [4.78, 5) is 4.64. The molecule has 2 N–H and O–H groups in total.